The molecule has 0 bridgehead atoms. The lowest BCUT2D eigenvalue weighted by Crippen LogP contribution is -2.38. The van der Waals surface area contributed by atoms with E-state index in [2.05, 4.69) is 77.5 Å². The Morgan fingerprint density at radius 1 is 0.824 bits per heavy atom. The van der Waals surface area contributed by atoms with Crippen molar-refractivity contribution < 1.29 is 9.59 Å². The quantitative estimate of drug-likeness (QED) is 0.191. The Morgan fingerprint density at radius 3 is 2.31 bits per heavy atom. The van der Waals surface area contributed by atoms with Gasteiger partial charge in [-0.15, -0.1) is 0 Å². The molecule has 4 heterocycles. The van der Waals surface area contributed by atoms with Crippen LogP contribution in [0.5, 0.6) is 0 Å². The van der Waals surface area contributed by atoms with Gasteiger partial charge >= 0.3 is 0 Å². The molecule has 4 aliphatic rings. The molecule has 1 spiro atoms. The van der Waals surface area contributed by atoms with Crippen LogP contribution in [0.2, 0.25) is 0 Å². The molecular weight excluding hydrogens is 633 g/mol. The Hall–Kier alpha value is -4.38. The van der Waals surface area contributed by atoms with Crippen molar-refractivity contribution in [3.8, 4) is 23.1 Å². The molecule has 8 heteroatoms. The Morgan fingerprint density at radius 2 is 1.57 bits per heavy atom. The van der Waals surface area contributed by atoms with Crippen LogP contribution < -0.4 is 0 Å². The Balaban J connectivity index is 0.938. The molecule has 8 rings (SSSR count). The molecule has 4 aromatic rings. The molecule has 266 valence electrons. The number of carbonyl (C=O) groups is 2. The normalized spacial score (nSPS) is 22.8. The van der Waals surface area contributed by atoms with Crippen molar-refractivity contribution in [2.45, 2.75) is 104 Å². The van der Waals surface area contributed by atoms with Crippen LogP contribution >= 0.6 is 0 Å². The van der Waals surface area contributed by atoms with Crippen molar-refractivity contribution in [1.82, 2.24) is 29.7 Å². The topological polar surface area (TPSA) is 98.0 Å². The van der Waals surface area contributed by atoms with Crippen LogP contribution in [0.3, 0.4) is 0 Å². The number of imidazole rings is 2. The Kier molecular flexibility index (Phi) is 9.02. The van der Waals surface area contributed by atoms with Crippen LogP contribution in [0.1, 0.15) is 127 Å². The van der Waals surface area contributed by atoms with Crippen LogP contribution in [0.4, 0.5) is 0 Å². The maximum absolute atomic E-state index is 13.6. The van der Waals surface area contributed by atoms with Crippen molar-refractivity contribution in [2.75, 3.05) is 13.1 Å². The number of hydrogen-bond acceptors (Lipinski definition) is 4. The largest absolute Gasteiger partial charge is 0.340 e. The van der Waals surface area contributed by atoms with E-state index in [0.717, 1.165) is 77.4 Å². The highest BCUT2D eigenvalue weighted by atomic mass is 16.2. The van der Waals surface area contributed by atoms with E-state index in [0.29, 0.717) is 17.7 Å². The molecule has 0 radical (unpaired) electrons. The molecule has 0 unspecified atom stereocenters. The number of rotatable bonds is 7. The second kappa shape index (κ2) is 13.6. The van der Waals surface area contributed by atoms with Gasteiger partial charge in [0.05, 0.1) is 35.0 Å². The Labute approximate surface area is 302 Å². The summed E-state index contributed by atoms with van der Waals surface area (Å²) in [6.45, 7) is 10.1. The Bertz CT molecular complexity index is 1970. The number of fused-ring (bicyclic) bond motifs is 1. The highest BCUT2D eigenvalue weighted by Crippen LogP contribution is 2.58. The lowest BCUT2D eigenvalue weighted by Gasteiger charge is -2.32. The van der Waals surface area contributed by atoms with E-state index < -0.39 is 0 Å². The monoisotopic (exact) mass is 684 g/mol. The lowest BCUT2D eigenvalue weighted by atomic mass is 9.80. The van der Waals surface area contributed by atoms with Gasteiger partial charge in [-0.1, -0.05) is 70.9 Å². The molecule has 51 heavy (non-hydrogen) atoms. The van der Waals surface area contributed by atoms with Crippen LogP contribution in [0, 0.1) is 40.9 Å². The summed E-state index contributed by atoms with van der Waals surface area (Å²) in [6.07, 6.45) is 13.4. The molecule has 2 amide bonds. The second-order valence-electron chi connectivity index (χ2n) is 16.5. The van der Waals surface area contributed by atoms with Crippen LogP contribution in [0.15, 0.2) is 48.7 Å². The summed E-state index contributed by atoms with van der Waals surface area (Å²) >= 11 is 0. The maximum atomic E-state index is 13.6. The molecule has 2 aliphatic carbocycles. The van der Waals surface area contributed by atoms with Crippen LogP contribution in [-0.2, 0) is 9.59 Å². The molecule has 8 nitrogen and oxygen atoms in total. The molecule has 2 aromatic carbocycles. The van der Waals surface area contributed by atoms with Gasteiger partial charge in [-0.05, 0) is 98.1 Å². The molecule has 2 N–H and O–H groups in total. The summed E-state index contributed by atoms with van der Waals surface area (Å²) in [5, 5.41) is 0. The summed E-state index contributed by atoms with van der Waals surface area (Å²) < 4.78 is 0. The number of carbonyl (C=O) groups excluding carboxylic acids is 2. The highest BCUT2D eigenvalue weighted by Gasteiger charge is 2.54. The number of nitrogens with one attached hydrogen (secondary N) is 2. The summed E-state index contributed by atoms with van der Waals surface area (Å²) in [7, 11) is 0. The zero-order valence-corrected chi connectivity index (χ0v) is 30.7. The zero-order valence-electron chi connectivity index (χ0n) is 30.7. The van der Waals surface area contributed by atoms with E-state index in [1.165, 1.54) is 44.9 Å². The predicted octanol–water partition coefficient (Wildman–Crippen LogP) is 8.58. The number of aromatic nitrogens is 4. The first-order valence-electron chi connectivity index (χ1n) is 19.5. The number of nitrogens with zero attached hydrogens (tertiary/aromatic N) is 4. The third-order valence-corrected chi connectivity index (χ3v) is 12.7. The number of amides is 2. The molecular formula is C43H52N6O2. The molecule has 4 atom stereocenters. The van der Waals surface area contributed by atoms with Crippen LogP contribution in [0.25, 0.3) is 22.3 Å². The molecule has 2 aliphatic heterocycles. The minimum atomic E-state index is -0.00189. The third kappa shape index (κ3) is 6.72. The number of aromatic amines is 2. The molecule has 4 fully saturated rings. The van der Waals surface area contributed by atoms with Gasteiger partial charge in [-0.25, -0.2) is 9.97 Å². The van der Waals surface area contributed by atoms with Crippen molar-refractivity contribution in [3.05, 3.63) is 71.4 Å². The number of hydrogen-bond donors (Lipinski definition) is 2. The lowest BCUT2D eigenvalue weighted by molar-refractivity contribution is -0.138. The van der Waals surface area contributed by atoms with Crippen LogP contribution in [-0.4, -0.2) is 54.6 Å². The van der Waals surface area contributed by atoms with E-state index in [4.69, 9.17) is 9.97 Å². The number of benzene rings is 2. The van der Waals surface area contributed by atoms with Gasteiger partial charge in [-0.3, -0.25) is 9.59 Å². The highest BCUT2D eigenvalue weighted by molar-refractivity contribution is 5.81. The van der Waals surface area contributed by atoms with E-state index in [1.807, 2.05) is 30.5 Å². The fourth-order valence-electron chi connectivity index (χ4n) is 8.83. The van der Waals surface area contributed by atoms with Gasteiger partial charge in [0.25, 0.3) is 0 Å². The van der Waals surface area contributed by atoms with E-state index in [1.54, 1.807) is 0 Å². The smallest absolute Gasteiger partial charge is 0.226 e. The summed E-state index contributed by atoms with van der Waals surface area (Å²) in [5.41, 5.74) is 6.00. The fraction of sp³-hybridized carbons (Fsp3) is 0.535. The van der Waals surface area contributed by atoms with Gasteiger partial charge in [0.1, 0.15) is 11.6 Å². The zero-order chi connectivity index (χ0) is 35.3. The van der Waals surface area contributed by atoms with E-state index in [9.17, 15) is 9.59 Å². The van der Waals surface area contributed by atoms with Crippen molar-refractivity contribution in [2.24, 2.45) is 29.1 Å². The van der Waals surface area contributed by atoms with Gasteiger partial charge in [0.15, 0.2) is 0 Å². The molecule has 2 saturated heterocycles. The minimum Gasteiger partial charge on any atom is -0.340 e. The van der Waals surface area contributed by atoms with Gasteiger partial charge in [0, 0.05) is 36.1 Å². The first kappa shape index (κ1) is 33.7. The van der Waals surface area contributed by atoms with Gasteiger partial charge in [-0.2, -0.15) is 0 Å². The number of likely N-dealkylation sites (tertiary alicyclic amines) is 2. The standard InChI is InChI=1S/C43H52N6O2/c1-27(2)28(3)41(50)49-26-43(20-21-43)24-38(49)40-45-34-19-16-31(23-35(34)46-40)13-12-30-14-17-33(18-15-30)36-25-44-39(47-36)37-11-8-22-48(37)42(51)29(4)32-9-6-5-7-10-32/h14-19,23,25,27-29,32,37-38H,5-11,20-22,24,26H2,1-4H3,(H,44,47)(H,45,46)/t28-,29-,37-,38-/m0/s1. The third-order valence-electron chi connectivity index (χ3n) is 12.7. The van der Waals surface area contributed by atoms with Crippen molar-refractivity contribution in [3.63, 3.8) is 0 Å². The van der Waals surface area contributed by atoms with Crippen molar-refractivity contribution >= 4 is 22.8 Å². The fourth-order valence-corrected chi connectivity index (χ4v) is 8.83. The summed E-state index contributed by atoms with van der Waals surface area (Å²) in [4.78, 5) is 48.1. The number of H-pyrrole nitrogens is 2. The molecule has 2 aromatic heterocycles. The van der Waals surface area contributed by atoms with E-state index >= 15 is 0 Å². The first-order chi connectivity index (χ1) is 24.7. The van der Waals surface area contributed by atoms with Gasteiger partial charge < -0.3 is 19.8 Å². The summed E-state index contributed by atoms with van der Waals surface area (Å²) in [5.74, 6) is 9.90. The van der Waals surface area contributed by atoms with Gasteiger partial charge in [0.2, 0.25) is 11.8 Å². The average Bonchev–Trinajstić information content (AvgIpc) is 3.64. The van der Waals surface area contributed by atoms with E-state index in [-0.39, 0.29) is 35.2 Å². The summed E-state index contributed by atoms with van der Waals surface area (Å²) in [6, 6.07) is 14.4. The predicted molar refractivity (Wildman–Crippen MR) is 200 cm³/mol. The molecule has 2 saturated carbocycles. The van der Waals surface area contributed by atoms with Crippen molar-refractivity contribution in [1.29, 1.82) is 0 Å². The second-order valence-corrected chi connectivity index (χ2v) is 16.5. The average molecular weight is 685 g/mol. The minimum absolute atomic E-state index is 0.00189. The SMILES string of the molecule is CC(C)[C@H](C)C(=O)N1CC2(CC2)C[C@H]1c1nc2ccc(C#Cc3ccc(-c4cnc([C@@H]5CCCN5C(=O)[C@@H](C)C5CCCCC5)[nH]4)cc3)cc2[nH]1. The maximum Gasteiger partial charge on any atom is 0.226 e. The first-order valence-corrected chi connectivity index (χ1v) is 19.5.